The first-order valence-corrected chi connectivity index (χ1v) is 9.53. The molecule has 0 saturated heterocycles. The van der Waals surface area contributed by atoms with E-state index in [1.807, 2.05) is 48.5 Å². The number of carbonyl (C=O) groups is 1. The van der Waals surface area contributed by atoms with Gasteiger partial charge in [-0.1, -0.05) is 86.8 Å². The van der Waals surface area contributed by atoms with E-state index in [4.69, 9.17) is 0 Å². The maximum Gasteiger partial charge on any atom is 0.224 e. The third kappa shape index (κ3) is 5.54. The van der Waals surface area contributed by atoms with Gasteiger partial charge in [0.2, 0.25) is 5.78 Å². The van der Waals surface area contributed by atoms with E-state index in [1.54, 1.807) is 0 Å². The molecule has 2 aromatic carbocycles. The van der Waals surface area contributed by atoms with Gasteiger partial charge in [0.1, 0.15) is 0 Å². The zero-order valence-corrected chi connectivity index (χ0v) is 15.9. The van der Waals surface area contributed by atoms with Gasteiger partial charge >= 0.3 is 0 Å². The number of carbonyl (C=O) groups excluding carboxylic acids is 1. The molecule has 2 heteroatoms. The van der Waals surface area contributed by atoms with Gasteiger partial charge in [0.15, 0.2) is 6.04 Å². The van der Waals surface area contributed by atoms with Crippen molar-refractivity contribution in [1.82, 2.24) is 0 Å². The number of ketones is 1. The number of benzene rings is 2. The second kappa shape index (κ2) is 9.53. The summed E-state index contributed by atoms with van der Waals surface area (Å²) in [6, 6.07) is 19.8. The molecule has 2 rings (SSSR count). The highest BCUT2D eigenvalue weighted by molar-refractivity contribution is 5.99. The minimum absolute atomic E-state index is 0.158. The predicted octanol–water partition coefficient (Wildman–Crippen LogP) is 5.66. The fourth-order valence-electron chi connectivity index (χ4n) is 3.52. The monoisotopic (exact) mass is 338 g/mol. The number of hydrogen-bond donors (Lipinski definition) is 0. The van der Waals surface area contributed by atoms with E-state index in [2.05, 4.69) is 33.2 Å². The van der Waals surface area contributed by atoms with E-state index in [0.29, 0.717) is 4.48 Å². The smallest absolute Gasteiger partial charge is 0.224 e. The molecule has 1 atom stereocenters. The van der Waals surface area contributed by atoms with Gasteiger partial charge < -0.3 is 4.48 Å². The molecule has 25 heavy (non-hydrogen) atoms. The Bertz CT molecular complexity index is 634. The van der Waals surface area contributed by atoms with Crippen LogP contribution in [-0.2, 0) is 0 Å². The minimum Gasteiger partial charge on any atom is -0.316 e. The standard InChI is InChI=1S/C23H32NO/c1-4-5-6-7-14-19-24(2,3)22(20-15-10-8-11-16-20)23(25)21-17-12-9-13-18-21/h8-13,15-18,22H,4-7,14,19H2,1-3H3/q+1. The topological polar surface area (TPSA) is 17.1 Å². The van der Waals surface area contributed by atoms with Crippen molar-refractivity contribution in [3.63, 3.8) is 0 Å². The Morgan fingerprint density at radius 2 is 1.40 bits per heavy atom. The van der Waals surface area contributed by atoms with E-state index in [9.17, 15) is 4.79 Å². The first kappa shape index (κ1) is 19.4. The van der Waals surface area contributed by atoms with Crippen LogP contribution in [-0.4, -0.2) is 30.9 Å². The summed E-state index contributed by atoms with van der Waals surface area (Å²) in [5, 5.41) is 0. The first-order valence-electron chi connectivity index (χ1n) is 9.53. The molecule has 0 heterocycles. The van der Waals surface area contributed by atoms with Gasteiger partial charge in [-0.25, -0.2) is 0 Å². The lowest BCUT2D eigenvalue weighted by molar-refractivity contribution is -0.911. The summed E-state index contributed by atoms with van der Waals surface area (Å²) < 4.78 is 0.698. The summed E-state index contributed by atoms with van der Waals surface area (Å²) in [5.74, 6) is 0.213. The van der Waals surface area contributed by atoms with Gasteiger partial charge in [-0.15, -0.1) is 0 Å². The molecule has 0 aliphatic carbocycles. The van der Waals surface area contributed by atoms with Gasteiger partial charge in [-0.3, -0.25) is 4.79 Å². The van der Waals surface area contributed by atoms with Crippen LogP contribution in [0.5, 0.6) is 0 Å². The van der Waals surface area contributed by atoms with Crippen LogP contribution < -0.4 is 0 Å². The van der Waals surface area contributed by atoms with Crippen molar-refractivity contribution in [2.45, 2.75) is 45.1 Å². The second-order valence-electron chi connectivity index (χ2n) is 7.46. The third-order valence-electron chi connectivity index (χ3n) is 4.96. The molecule has 2 nitrogen and oxygen atoms in total. The molecular weight excluding hydrogens is 306 g/mol. The molecule has 0 radical (unpaired) electrons. The van der Waals surface area contributed by atoms with Gasteiger partial charge in [-0.05, 0) is 12.8 Å². The van der Waals surface area contributed by atoms with Crippen LogP contribution >= 0.6 is 0 Å². The minimum atomic E-state index is -0.158. The number of Topliss-reactive ketones (excluding diaryl/α,β-unsaturated/α-hetero) is 1. The molecule has 0 saturated carbocycles. The number of quaternary nitrogens is 1. The van der Waals surface area contributed by atoms with Gasteiger partial charge in [0, 0.05) is 11.1 Å². The number of unbranched alkanes of at least 4 members (excludes halogenated alkanes) is 4. The average molecular weight is 339 g/mol. The highest BCUT2D eigenvalue weighted by atomic mass is 16.1. The molecule has 0 N–H and O–H groups in total. The number of hydrogen-bond acceptors (Lipinski definition) is 1. The van der Waals surface area contributed by atoms with Gasteiger partial charge in [0.05, 0.1) is 20.6 Å². The molecule has 0 amide bonds. The number of nitrogens with zero attached hydrogens (tertiary/aromatic N) is 1. The van der Waals surface area contributed by atoms with Crippen LogP contribution in [0, 0.1) is 0 Å². The number of rotatable bonds is 10. The van der Waals surface area contributed by atoms with E-state index in [1.165, 1.54) is 32.1 Å². The fourth-order valence-corrected chi connectivity index (χ4v) is 3.52. The lowest BCUT2D eigenvalue weighted by atomic mass is 9.94. The summed E-state index contributed by atoms with van der Waals surface area (Å²) in [6.45, 7) is 3.26. The van der Waals surface area contributed by atoms with Crippen molar-refractivity contribution in [2.75, 3.05) is 20.6 Å². The maximum absolute atomic E-state index is 13.3. The van der Waals surface area contributed by atoms with Crippen LogP contribution in [0.4, 0.5) is 0 Å². The molecule has 0 aromatic heterocycles. The van der Waals surface area contributed by atoms with Crippen molar-refractivity contribution in [2.24, 2.45) is 0 Å². The van der Waals surface area contributed by atoms with E-state index < -0.39 is 0 Å². The molecular formula is C23H32NO+. The Hall–Kier alpha value is -1.93. The Kier molecular flexibility index (Phi) is 7.39. The zero-order chi connectivity index (χ0) is 18.1. The molecule has 2 aromatic rings. The predicted molar refractivity (Wildman–Crippen MR) is 106 cm³/mol. The fraction of sp³-hybridized carbons (Fsp3) is 0.435. The van der Waals surface area contributed by atoms with Gasteiger partial charge in [-0.2, -0.15) is 0 Å². The number of likely N-dealkylation sites (N-methyl/N-ethyl adjacent to an activating group) is 1. The molecule has 0 aliphatic heterocycles. The van der Waals surface area contributed by atoms with Crippen molar-refractivity contribution < 1.29 is 9.28 Å². The first-order chi connectivity index (χ1) is 12.1. The molecule has 0 fully saturated rings. The molecule has 0 aliphatic rings. The normalized spacial score (nSPS) is 12.8. The second-order valence-corrected chi connectivity index (χ2v) is 7.46. The highest BCUT2D eigenvalue weighted by Gasteiger charge is 2.36. The van der Waals surface area contributed by atoms with Crippen molar-refractivity contribution in [1.29, 1.82) is 0 Å². The largest absolute Gasteiger partial charge is 0.316 e. The lowest BCUT2D eigenvalue weighted by Gasteiger charge is -2.37. The maximum atomic E-state index is 13.3. The van der Waals surface area contributed by atoms with Crippen molar-refractivity contribution in [3.8, 4) is 0 Å². The highest BCUT2D eigenvalue weighted by Crippen LogP contribution is 2.29. The van der Waals surface area contributed by atoms with E-state index in [-0.39, 0.29) is 11.8 Å². The van der Waals surface area contributed by atoms with E-state index >= 15 is 0 Å². The average Bonchev–Trinajstić information content (AvgIpc) is 2.63. The molecule has 1 unspecified atom stereocenters. The van der Waals surface area contributed by atoms with Crippen molar-refractivity contribution >= 4 is 5.78 Å². The van der Waals surface area contributed by atoms with Gasteiger partial charge in [0.25, 0.3) is 0 Å². The summed E-state index contributed by atoms with van der Waals surface area (Å²) in [6.07, 6.45) is 6.27. The van der Waals surface area contributed by atoms with Crippen LogP contribution in [0.1, 0.15) is 61.0 Å². The Labute approximate surface area is 153 Å². The Morgan fingerprint density at radius 3 is 2.00 bits per heavy atom. The zero-order valence-electron chi connectivity index (χ0n) is 15.9. The molecule has 134 valence electrons. The quantitative estimate of drug-likeness (QED) is 0.310. The van der Waals surface area contributed by atoms with E-state index in [0.717, 1.165) is 17.7 Å². The summed E-state index contributed by atoms with van der Waals surface area (Å²) in [4.78, 5) is 13.3. The Morgan fingerprint density at radius 1 is 0.840 bits per heavy atom. The summed E-state index contributed by atoms with van der Waals surface area (Å²) in [7, 11) is 4.39. The van der Waals surface area contributed by atoms with Crippen LogP contribution in [0.25, 0.3) is 0 Å². The van der Waals surface area contributed by atoms with Crippen molar-refractivity contribution in [3.05, 3.63) is 71.8 Å². The summed E-state index contributed by atoms with van der Waals surface area (Å²) >= 11 is 0. The molecule has 0 spiro atoms. The molecule has 0 bridgehead atoms. The Balaban J connectivity index is 2.21. The SMILES string of the molecule is CCCCCCC[N+](C)(C)C(C(=O)c1ccccc1)c1ccccc1. The van der Waals surface area contributed by atoms with Crippen LogP contribution in [0.15, 0.2) is 60.7 Å². The van der Waals surface area contributed by atoms with Crippen LogP contribution in [0.3, 0.4) is 0 Å². The summed E-state index contributed by atoms with van der Waals surface area (Å²) in [5.41, 5.74) is 1.91. The third-order valence-corrected chi connectivity index (χ3v) is 4.96. The lowest BCUT2D eigenvalue weighted by Crippen LogP contribution is -2.47. The van der Waals surface area contributed by atoms with Crippen LogP contribution in [0.2, 0.25) is 0 Å².